The van der Waals surface area contributed by atoms with E-state index >= 15 is 0 Å². The molecule has 0 spiro atoms. The first-order valence-corrected chi connectivity index (χ1v) is 5.28. The molecule has 0 amide bonds. The second-order valence-electron chi connectivity index (χ2n) is 3.90. The van der Waals surface area contributed by atoms with Crippen molar-refractivity contribution in [3.63, 3.8) is 0 Å². The molecule has 3 N–H and O–H groups in total. The van der Waals surface area contributed by atoms with Gasteiger partial charge in [0.1, 0.15) is 6.04 Å². The standard InChI is InChI=1S/C10H20N2O2/c1-14-10(13)9(11)3-2-8-4-6-12-7-5-8/h8-9,12H,2-7,11H2,1H3. The zero-order valence-corrected chi connectivity index (χ0v) is 8.79. The van der Waals surface area contributed by atoms with Gasteiger partial charge in [-0.15, -0.1) is 0 Å². The second kappa shape index (κ2) is 5.98. The minimum atomic E-state index is -0.435. The molecule has 0 saturated carbocycles. The summed E-state index contributed by atoms with van der Waals surface area (Å²) in [6.07, 6.45) is 4.19. The lowest BCUT2D eigenvalue weighted by molar-refractivity contribution is -0.142. The molecule has 1 atom stereocenters. The third kappa shape index (κ3) is 3.64. The van der Waals surface area contributed by atoms with Gasteiger partial charge in [-0.2, -0.15) is 0 Å². The number of esters is 1. The molecule has 0 radical (unpaired) electrons. The van der Waals surface area contributed by atoms with Gasteiger partial charge in [-0.3, -0.25) is 4.79 Å². The van der Waals surface area contributed by atoms with E-state index in [0.717, 1.165) is 31.8 Å². The highest BCUT2D eigenvalue weighted by Gasteiger charge is 2.18. The number of nitrogens with one attached hydrogen (secondary N) is 1. The van der Waals surface area contributed by atoms with E-state index in [1.807, 2.05) is 0 Å². The number of rotatable bonds is 4. The molecule has 1 rings (SSSR count). The first-order chi connectivity index (χ1) is 6.74. The van der Waals surface area contributed by atoms with Crippen molar-refractivity contribution in [1.82, 2.24) is 5.32 Å². The van der Waals surface area contributed by atoms with Gasteiger partial charge < -0.3 is 15.8 Å². The first-order valence-electron chi connectivity index (χ1n) is 5.28. The fourth-order valence-electron chi connectivity index (χ4n) is 1.85. The lowest BCUT2D eigenvalue weighted by Gasteiger charge is -2.23. The van der Waals surface area contributed by atoms with Crippen molar-refractivity contribution in [3.8, 4) is 0 Å². The molecule has 1 unspecified atom stereocenters. The van der Waals surface area contributed by atoms with Crippen LogP contribution in [0.4, 0.5) is 0 Å². The summed E-state index contributed by atoms with van der Waals surface area (Å²) in [6, 6.07) is -0.435. The van der Waals surface area contributed by atoms with E-state index in [-0.39, 0.29) is 5.97 Å². The van der Waals surface area contributed by atoms with Crippen LogP contribution < -0.4 is 11.1 Å². The van der Waals surface area contributed by atoms with Gasteiger partial charge in [-0.25, -0.2) is 0 Å². The van der Waals surface area contributed by atoms with Crippen LogP contribution in [0.1, 0.15) is 25.7 Å². The van der Waals surface area contributed by atoms with Crippen LogP contribution in [0.3, 0.4) is 0 Å². The van der Waals surface area contributed by atoms with Crippen LogP contribution in [0.15, 0.2) is 0 Å². The Morgan fingerprint density at radius 2 is 2.21 bits per heavy atom. The fraction of sp³-hybridized carbons (Fsp3) is 0.900. The average Bonchev–Trinajstić information content (AvgIpc) is 2.26. The molecule has 4 heteroatoms. The fourth-order valence-corrected chi connectivity index (χ4v) is 1.85. The summed E-state index contributed by atoms with van der Waals surface area (Å²) in [5, 5.41) is 3.31. The van der Waals surface area contributed by atoms with E-state index in [2.05, 4.69) is 10.1 Å². The molecule has 1 saturated heterocycles. The molecule has 82 valence electrons. The van der Waals surface area contributed by atoms with E-state index in [4.69, 9.17) is 5.73 Å². The van der Waals surface area contributed by atoms with Gasteiger partial charge in [0.25, 0.3) is 0 Å². The molecule has 0 aromatic rings. The number of carbonyl (C=O) groups is 1. The SMILES string of the molecule is COC(=O)C(N)CCC1CCNCC1. The Morgan fingerprint density at radius 1 is 1.57 bits per heavy atom. The molecular weight excluding hydrogens is 180 g/mol. The predicted octanol–water partition coefficient (Wildman–Crippen LogP) is 0.267. The van der Waals surface area contributed by atoms with Crippen LogP contribution >= 0.6 is 0 Å². The van der Waals surface area contributed by atoms with E-state index in [9.17, 15) is 4.79 Å². The second-order valence-corrected chi connectivity index (χ2v) is 3.90. The highest BCUT2D eigenvalue weighted by atomic mass is 16.5. The van der Waals surface area contributed by atoms with Gasteiger partial charge >= 0.3 is 5.97 Å². The maximum Gasteiger partial charge on any atom is 0.322 e. The highest BCUT2D eigenvalue weighted by molar-refractivity contribution is 5.75. The molecule has 1 aliphatic rings. The predicted molar refractivity (Wildman–Crippen MR) is 54.8 cm³/mol. The van der Waals surface area contributed by atoms with E-state index in [1.165, 1.54) is 20.0 Å². The molecule has 0 aromatic carbocycles. The van der Waals surface area contributed by atoms with Crippen molar-refractivity contribution < 1.29 is 9.53 Å². The molecule has 1 aliphatic heterocycles. The zero-order chi connectivity index (χ0) is 10.4. The quantitative estimate of drug-likeness (QED) is 0.639. The molecule has 0 bridgehead atoms. The van der Waals surface area contributed by atoms with Crippen molar-refractivity contribution in [2.45, 2.75) is 31.7 Å². The van der Waals surface area contributed by atoms with Gasteiger partial charge in [0.2, 0.25) is 0 Å². The Hall–Kier alpha value is -0.610. The van der Waals surface area contributed by atoms with Gasteiger partial charge in [-0.05, 0) is 44.7 Å². The topological polar surface area (TPSA) is 64.3 Å². The van der Waals surface area contributed by atoms with Crippen LogP contribution in [0.5, 0.6) is 0 Å². The summed E-state index contributed by atoms with van der Waals surface area (Å²) >= 11 is 0. The maximum absolute atomic E-state index is 11.0. The maximum atomic E-state index is 11.0. The molecule has 1 heterocycles. The summed E-state index contributed by atoms with van der Waals surface area (Å²) in [7, 11) is 1.38. The summed E-state index contributed by atoms with van der Waals surface area (Å²) < 4.78 is 4.58. The number of hydrogen-bond donors (Lipinski definition) is 2. The largest absolute Gasteiger partial charge is 0.468 e. The van der Waals surface area contributed by atoms with Crippen molar-refractivity contribution in [2.75, 3.05) is 20.2 Å². The molecule has 1 fully saturated rings. The number of carbonyl (C=O) groups excluding carboxylic acids is 1. The van der Waals surface area contributed by atoms with Gasteiger partial charge in [-0.1, -0.05) is 0 Å². The molecule has 0 aliphatic carbocycles. The van der Waals surface area contributed by atoms with Gasteiger partial charge in [0.15, 0.2) is 0 Å². The molecule has 14 heavy (non-hydrogen) atoms. The van der Waals surface area contributed by atoms with Crippen molar-refractivity contribution >= 4 is 5.97 Å². The van der Waals surface area contributed by atoms with Crippen LogP contribution in [-0.2, 0) is 9.53 Å². The number of nitrogens with two attached hydrogens (primary N) is 1. The Labute approximate surface area is 85.2 Å². The number of hydrogen-bond acceptors (Lipinski definition) is 4. The van der Waals surface area contributed by atoms with Crippen LogP contribution in [0.2, 0.25) is 0 Å². The lowest BCUT2D eigenvalue weighted by Crippen LogP contribution is -2.33. The smallest absolute Gasteiger partial charge is 0.322 e. The number of ether oxygens (including phenoxy) is 1. The summed E-state index contributed by atoms with van der Waals surface area (Å²) in [5.74, 6) is 0.436. The van der Waals surface area contributed by atoms with E-state index in [0.29, 0.717) is 0 Å². The van der Waals surface area contributed by atoms with Crippen molar-refractivity contribution in [1.29, 1.82) is 0 Å². The third-order valence-corrected chi connectivity index (χ3v) is 2.85. The lowest BCUT2D eigenvalue weighted by atomic mass is 9.91. The van der Waals surface area contributed by atoms with Gasteiger partial charge in [0, 0.05) is 0 Å². The normalized spacial score (nSPS) is 20.4. The number of methoxy groups -OCH3 is 1. The number of piperidine rings is 1. The Morgan fingerprint density at radius 3 is 2.79 bits per heavy atom. The van der Waals surface area contributed by atoms with Crippen LogP contribution in [0.25, 0.3) is 0 Å². The third-order valence-electron chi connectivity index (χ3n) is 2.85. The van der Waals surface area contributed by atoms with Crippen molar-refractivity contribution in [3.05, 3.63) is 0 Å². The molecule has 0 aromatic heterocycles. The van der Waals surface area contributed by atoms with Crippen LogP contribution in [-0.4, -0.2) is 32.2 Å². The Balaban J connectivity index is 2.15. The zero-order valence-electron chi connectivity index (χ0n) is 8.79. The van der Waals surface area contributed by atoms with E-state index < -0.39 is 6.04 Å². The van der Waals surface area contributed by atoms with E-state index in [1.54, 1.807) is 0 Å². The van der Waals surface area contributed by atoms with Gasteiger partial charge in [0.05, 0.1) is 7.11 Å². The summed E-state index contributed by atoms with van der Waals surface area (Å²) in [4.78, 5) is 11.0. The van der Waals surface area contributed by atoms with Crippen molar-refractivity contribution in [2.24, 2.45) is 11.7 Å². The average molecular weight is 200 g/mol. The molecular formula is C10H20N2O2. The summed E-state index contributed by atoms with van der Waals surface area (Å²) in [5.41, 5.74) is 5.65. The monoisotopic (exact) mass is 200 g/mol. The Bertz CT molecular complexity index is 179. The minimum Gasteiger partial charge on any atom is -0.468 e. The van der Waals surface area contributed by atoms with Crippen LogP contribution in [0, 0.1) is 5.92 Å². The summed E-state index contributed by atoms with van der Waals surface area (Å²) in [6.45, 7) is 2.19. The minimum absolute atomic E-state index is 0.293. The Kier molecular flexibility index (Phi) is 4.90. The molecule has 4 nitrogen and oxygen atoms in total. The highest BCUT2D eigenvalue weighted by Crippen LogP contribution is 2.18. The first kappa shape index (κ1) is 11.5.